The summed E-state index contributed by atoms with van der Waals surface area (Å²) in [5.41, 5.74) is 5.81. The third kappa shape index (κ3) is 10.6. The Kier molecular flexibility index (Phi) is 14.3. The van der Waals surface area contributed by atoms with Crippen molar-refractivity contribution < 1.29 is 34.1 Å². The summed E-state index contributed by atoms with van der Waals surface area (Å²) in [4.78, 5) is 47.1. The minimum atomic E-state index is -0.644. The Balaban J connectivity index is 1.20. The number of phenols is 2. The van der Waals surface area contributed by atoms with Gasteiger partial charge in [-0.1, -0.05) is 86.9 Å². The predicted molar refractivity (Wildman–Crippen MR) is 270 cm³/mol. The lowest BCUT2D eigenvalue weighted by Gasteiger charge is -2.38. The van der Waals surface area contributed by atoms with Gasteiger partial charge in [0.1, 0.15) is 29.2 Å². The van der Waals surface area contributed by atoms with Crippen LogP contribution in [0.3, 0.4) is 0 Å². The number of carbonyl (C=O) groups is 3. The third-order valence-electron chi connectivity index (χ3n) is 15.3. The predicted octanol–water partition coefficient (Wildman–Crippen LogP) is 11.1. The van der Waals surface area contributed by atoms with Crippen molar-refractivity contribution in [1.29, 1.82) is 0 Å². The number of aromatic hydroxyl groups is 2. The van der Waals surface area contributed by atoms with Crippen LogP contribution in [0.15, 0.2) is 133 Å². The lowest BCUT2D eigenvalue weighted by molar-refractivity contribution is -0.148. The summed E-state index contributed by atoms with van der Waals surface area (Å²) in [5.74, 6) is 1.30. The Labute approximate surface area is 405 Å². The number of H-pyrrole nitrogens is 1. The second-order valence-electron chi connectivity index (χ2n) is 19.8. The lowest BCUT2D eigenvalue weighted by atomic mass is 9.66. The highest BCUT2D eigenvalue weighted by atomic mass is 16.5. The normalized spacial score (nSPS) is 23.7. The maximum atomic E-state index is 14.6. The molecule has 11 heteroatoms. The summed E-state index contributed by atoms with van der Waals surface area (Å²) in [6.07, 6.45) is 29.2. The third-order valence-corrected chi connectivity index (χ3v) is 15.3. The molecule has 1 spiro atoms. The molecule has 0 amide bonds. The van der Waals surface area contributed by atoms with E-state index in [-0.39, 0.29) is 53.3 Å². The molecule has 4 aliphatic rings. The molecule has 4 N–H and O–H groups in total. The second kappa shape index (κ2) is 20.9. The number of allylic oxidation sites excluding steroid dienone is 6. The number of aromatic nitrogens is 2. The van der Waals surface area contributed by atoms with Gasteiger partial charge in [-0.15, -0.1) is 0 Å². The van der Waals surface area contributed by atoms with Crippen molar-refractivity contribution in [2.75, 3.05) is 25.1 Å². The average Bonchev–Trinajstić information content (AvgIpc) is 3.99. The van der Waals surface area contributed by atoms with Crippen molar-refractivity contribution in [3.63, 3.8) is 0 Å². The number of anilines is 1. The van der Waals surface area contributed by atoms with Crippen molar-refractivity contribution in [1.82, 2.24) is 14.9 Å². The number of Topliss-reactive ketones (excluding diaryl/α,β-unsaturated/α-hetero) is 2. The summed E-state index contributed by atoms with van der Waals surface area (Å²) in [6.45, 7) is 4.66. The number of dihydropyridines is 1. The molecule has 360 valence electrons. The van der Waals surface area contributed by atoms with Gasteiger partial charge in [-0.3, -0.25) is 14.4 Å². The van der Waals surface area contributed by atoms with Crippen LogP contribution in [0.2, 0.25) is 0 Å². The zero-order valence-corrected chi connectivity index (χ0v) is 40.2. The number of ketones is 2. The zero-order valence-electron chi connectivity index (χ0n) is 40.2. The number of phenolic OH excluding ortho intramolecular Hbond substituents is 2. The van der Waals surface area contributed by atoms with Gasteiger partial charge < -0.3 is 39.5 Å². The number of esters is 1. The number of hydrogen-bond acceptors (Lipinski definition) is 9. The molecule has 0 radical (unpaired) electrons. The van der Waals surface area contributed by atoms with Crippen LogP contribution in [0.5, 0.6) is 17.2 Å². The molecule has 4 bridgehead atoms. The smallest absolute Gasteiger partial charge is 0.302 e. The number of hydrogen-bond donors (Lipinski definition) is 4. The fourth-order valence-electron chi connectivity index (χ4n) is 11.4. The van der Waals surface area contributed by atoms with Crippen molar-refractivity contribution >= 4 is 34.0 Å². The monoisotopic (exact) mass is 930 g/mol. The quantitative estimate of drug-likeness (QED) is 0.112. The maximum Gasteiger partial charge on any atom is 0.302 e. The van der Waals surface area contributed by atoms with Crippen molar-refractivity contribution in [3.05, 3.63) is 156 Å². The summed E-state index contributed by atoms with van der Waals surface area (Å²) < 4.78 is 13.7. The minimum Gasteiger partial charge on any atom is -0.508 e. The fourth-order valence-corrected chi connectivity index (χ4v) is 11.4. The molecule has 69 heavy (non-hydrogen) atoms. The van der Waals surface area contributed by atoms with E-state index in [1.165, 1.54) is 31.6 Å². The number of methoxy groups -OCH3 is 1. The number of carbonyl (C=O) groups excluding carboxylic acids is 3. The second-order valence-corrected chi connectivity index (χ2v) is 19.8. The number of nitrogens with one attached hydrogen (secondary N) is 2. The fraction of sp³-hybridized carbons (Fsp3) is 0.397. The van der Waals surface area contributed by atoms with Crippen molar-refractivity contribution in [3.8, 4) is 17.2 Å². The van der Waals surface area contributed by atoms with Crippen LogP contribution in [0.25, 0.3) is 10.8 Å². The maximum absolute atomic E-state index is 14.6. The number of nitrogens with zero attached hydrogens (tertiary/aromatic N) is 2. The van der Waals surface area contributed by atoms with Gasteiger partial charge in [0.25, 0.3) is 0 Å². The Morgan fingerprint density at radius 1 is 0.899 bits per heavy atom. The summed E-state index contributed by atoms with van der Waals surface area (Å²) in [6, 6.07) is 18.5. The first-order valence-corrected chi connectivity index (χ1v) is 24.9. The topological polar surface area (TPSA) is 146 Å². The first-order valence-electron chi connectivity index (χ1n) is 24.9. The molecule has 5 aromatic rings. The molecule has 5 atom stereocenters. The van der Waals surface area contributed by atoms with Crippen molar-refractivity contribution in [2.24, 2.45) is 17.3 Å². The molecule has 4 heterocycles. The zero-order chi connectivity index (χ0) is 48.1. The largest absolute Gasteiger partial charge is 0.508 e. The van der Waals surface area contributed by atoms with Crippen LogP contribution in [0.1, 0.15) is 112 Å². The van der Waals surface area contributed by atoms with E-state index in [1.54, 1.807) is 18.2 Å². The molecule has 0 saturated heterocycles. The molecule has 2 aliphatic carbocycles. The summed E-state index contributed by atoms with van der Waals surface area (Å²) in [5, 5.41) is 27.2. The highest BCUT2D eigenvalue weighted by molar-refractivity contribution is 5.95. The van der Waals surface area contributed by atoms with Crippen molar-refractivity contribution in [2.45, 2.75) is 109 Å². The van der Waals surface area contributed by atoms with E-state index >= 15 is 0 Å². The Hall–Kier alpha value is -6.75. The van der Waals surface area contributed by atoms with E-state index in [0.29, 0.717) is 50.3 Å². The van der Waals surface area contributed by atoms with Gasteiger partial charge in [0.15, 0.2) is 11.5 Å². The van der Waals surface area contributed by atoms with Gasteiger partial charge in [-0.25, -0.2) is 0 Å². The molecular weight excluding hydrogens is 865 g/mol. The Morgan fingerprint density at radius 2 is 1.72 bits per heavy atom. The van der Waals surface area contributed by atoms with Crippen LogP contribution >= 0.6 is 0 Å². The number of fused-ring (bicyclic) bond motifs is 3. The first kappa shape index (κ1) is 47.3. The van der Waals surface area contributed by atoms with Gasteiger partial charge >= 0.3 is 5.97 Å². The molecule has 11 nitrogen and oxygen atoms in total. The van der Waals surface area contributed by atoms with Crippen LogP contribution < -0.4 is 15.0 Å². The van der Waals surface area contributed by atoms with Crippen LogP contribution in [0.4, 0.5) is 5.69 Å². The van der Waals surface area contributed by atoms with E-state index < -0.39 is 18.1 Å². The number of benzene rings is 3. The average molecular weight is 931 g/mol. The lowest BCUT2D eigenvalue weighted by Crippen LogP contribution is -2.36. The number of ether oxygens (including phenoxy) is 2. The Morgan fingerprint density at radius 3 is 2.52 bits per heavy atom. The first-order chi connectivity index (χ1) is 33.5. The van der Waals surface area contributed by atoms with E-state index in [1.807, 2.05) is 24.3 Å². The standard InChI is InChI=1S/C58H66N4O7/c1-38-11-7-8-23-58(38)24-20-49(69-39(2)63)31-48(65)32-53(43-18-19-55(67)56(29-43)68-3)61-36-44-15-10-17-52(51(44)37-61)62(26-22-54(66)40-12-5-4-6-13-40)57-30-42(21-25-60-57)50(41-14-9-16-47(64)27-41)28-45-34-59-35-46(45)33-58/h7-11,14-19,21,23,27,29-30,34-38,40,49-50,53,59-60,64,67H,4-6,12-13,20,22,24-26,28,31-33H2,1-3H3/t38-,49+,50-,53-,58-/m0/s1. The molecule has 1 fully saturated rings. The Bertz CT molecular complexity index is 2810. The SMILES string of the molecule is COc1cc([C@@H]2CC(=O)C[C@H](OC(C)=O)CC[C@@]3(C=CC=C[C@@H]3C)Cc3c[nH]cc3C[C@@H](c3cccc(O)c3)C3=CCNC(=C3)N(CCC(=O)C3CCCCC3)c3cccc4cn2cc34)ccc1O. The van der Waals surface area contributed by atoms with Crippen LogP contribution in [0, 0.1) is 17.3 Å². The van der Waals surface area contributed by atoms with E-state index in [2.05, 4.69) is 106 Å². The van der Waals surface area contributed by atoms with Gasteiger partial charge in [-0.2, -0.15) is 0 Å². The van der Waals surface area contributed by atoms with Gasteiger partial charge in [-0.05, 0) is 114 Å². The highest BCUT2D eigenvalue weighted by Crippen LogP contribution is 2.45. The van der Waals surface area contributed by atoms with E-state index in [0.717, 1.165) is 71.1 Å². The van der Waals surface area contributed by atoms with E-state index in [9.17, 15) is 24.6 Å². The molecule has 2 aliphatic heterocycles. The van der Waals surface area contributed by atoms with E-state index in [4.69, 9.17) is 9.47 Å². The molecule has 3 aromatic carbocycles. The number of rotatable bonds is 8. The summed E-state index contributed by atoms with van der Waals surface area (Å²) in [7, 11) is 1.51. The van der Waals surface area contributed by atoms with Crippen LogP contribution in [-0.2, 0) is 32.0 Å². The van der Waals surface area contributed by atoms with Gasteiger partial charge in [0.2, 0.25) is 0 Å². The molecule has 9 rings (SSSR count). The highest BCUT2D eigenvalue weighted by Gasteiger charge is 2.37. The summed E-state index contributed by atoms with van der Waals surface area (Å²) >= 11 is 0. The minimum absolute atomic E-state index is 0.00178. The van der Waals surface area contributed by atoms with Gasteiger partial charge in [0.05, 0.1) is 18.8 Å². The van der Waals surface area contributed by atoms with Gasteiger partial charge in [0, 0.05) is 86.7 Å². The molecule has 1 saturated carbocycles. The van der Waals surface area contributed by atoms with Crippen LogP contribution in [-0.4, -0.2) is 63.6 Å². The molecular formula is C58H66N4O7. The molecule has 0 unspecified atom stereocenters. The number of aromatic amines is 1. The molecule has 2 aromatic heterocycles.